The average molecular weight is 380 g/mol. The smallest absolute Gasteiger partial charge is 0.221 e. The molecule has 1 heterocycles. The Balaban J connectivity index is 1.67. The molecule has 4 aromatic rings. The molecule has 0 unspecified atom stereocenters. The summed E-state index contributed by atoms with van der Waals surface area (Å²) in [5.41, 5.74) is 9.00. The maximum atomic E-state index is 13.0. The van der Waals surface area contributed by atoms with Gasteiger partial charge in [0.1, 0.15) is 18.2 Å². The first kappa shape index (κ1) is 17.2. The Labute approximate surface area is 160 Å². The third kappa shape index (κ3) is 3.83. The van der Waals surface area contributed by atoms with E-state index in [9.17, 15) is 4.39 Å². The van der Waals surface area contributed by atoms with Crippen molar-refractivity contribution in [1.29, 1.82) is 0 Å². The van der Waals surface area contributed by atoms with Crippen LogP contribution >= 0.6 is 11.6 Å². The van der Waals surface area contributed by atoms with Gasteiger partial charge in [0.2, 0.25) is 5.95 Å². The van der Waals surface area contributed by atoms with Crippen molar-refractivity contribution in [1.82, 2.24) is 9.97 Å². The first-order valence-corrected chi connectivity index (χ1v) is 8.67. The van der Waals surface area contributed by atoms with Crippen LogP contribution in [0.2, 0.25) is 5.02 Å². The van der Waals surface area contributed by atoms with Crippen molar-refractivity contribution in [2.24, 2.45) is 0 Å². The van der Waals surface area contributed by atoms with Gasteiger partial charge in [-0.05, 0) is 48.0 Å². The zero-order valence-electron chi connectivity index (χ0n) is 14.2. The van der Waals surface area contributed by atoms with Gasteiger partial charge < -0.3 is 10.5 Å². The van der Waals surface area contributed by atoms with E-state index in [1.54, 1.807) is 18.2 Å². The van der Waals surface area contributed by atoms with E-state index in [1.165, 1.54) is 12.1 Å². The van der Waals surface area contributed by atoms with Gasteiger partial charge >= 0.3 is 0 Å². The number of anilines is 1. The summed E-state index contributed by atoms with van der Waals surface area (Å²) in [6, 6.07) is 19.1. The first-order chi connectivity index (χ1) is 13.1. The molecule has 27 heavy (non-hydrogen) atoms. The topological polar surface area (TPSA) is 61.0 Å². The second-order valence-corrected chi connectivity index (χ2v) is 6.47. The molecule has 4 nitrogen and oxygen atoms in total. The largest absolute Gasteiger partial charge is 0.489 e. The summed E-state index contributed by atoms with van der Waals surface area (Å²) in [6.45, 7) is 0.336. The monoisotopic (exact) mass is 379 g/mol. The van der Waals surface area contributed by atoms with Gasteiger partial charge in [0, 0.05) is 16.0 Å². The molecule has 6 heteroatoms. The summed E-state index contributed by atoms with van der Waals surface area (Å²) in [6.07, 6.45) is 0. The van der Waals surface area contributed by atoms with Crippen molar-refractivity contribution in [3.63, 3.8) is 0 Å². The molecule has 3 aromatic carbocycles. The standard InChI is InChI=1S/C21H15ClFN3O/c22-15-6-9-19-18(11-15)20(26-21(24)25-19)14-2-1-3-17(10-14)27-12-13-4-7-16(23)8-5-13/h1-11H,12H2,(H2,24,25,26). The van der Waals surface area contributed by atoms with E-state index in [4.69, 9.17) is 22.1 Å². The van der Waals surface area contributed by atoms with E-state index in [1.807, 2.05) is 36.4 Å². The van der Waals surface area contributed by atoms with Crippen LogP contribution in [-0.4, -0.2) is 9.97 Å². The molecule has 0 aliphatic carbocycles. The highest BCUT2D eigenvalue weighted by molar-refractivity contribution is 6.31. The van der Waals surface area contributed by atoms with Crippen LogP contribution in [0.1, 0.15) is 5.56 Å². The molecule has 0 amide bonds. The Morgan fingerprint density at radius 3 is 2.59 bits per heavy atom. The van der Waals surface area contributed by atoms with E-state index in [2.05, 4.69) is 9.97 Å². The van der Waals surface area contributed by atoms with Crippen LogP contribution in [0.15, 0.2) is 66.7 Å². The van der Waals surface area contributed by atoms with Crippen LogP contribution in [0.3, 0.4) is 0 Å². The molecule has 0 radical (unpaired) electrons. The molecule has 0 spiro atoms. The lowest BCUT2D eigenvalue weighted by Crippen LogP contribution is -1.99. The maximum Gasteiger partial charge on any atom is 0.221 e. The second kappa shape index (κ2) is 7.21. The number of hydrogen-bond donors (Lipinski definition) is 1. The fourth-order valence-corrected chi connectivity index (χ4v) is 2.99. The van der Waals surface area contributed by atoms with Crippen LogP contribution in [-0.2, 0) is 6.61 Å². The molecule has 0 fully saturated rings. The molecule has 2 N–H and O–H groups in total. The third-order valence-corrected chi connectivity index (χ3v) is 4.34. The van der Waals surface area contributed by atoms with Crippen LogP contribution < -0.4 is 10.5 Å². The van der Waals surface area contributed by atoms with Crippen LogP contribution in [0.5, 0.6) is 5.75 Å². The number of benzene rings is 3. The van der Waals surface area contributed by atoms with Gasteiger partial charge in [-0.2, -0.15) is 0 Å². The number of nitrogens with zero attached hydrogens (tertiary/aromatic N) is 2. The van der Waals surface area contributed by atoms with Gasteiger partial charge in [-0.15, -0.1) is 0 Å². The Morgan fingerprint density at radius 1 is 0.963 bits per heavy atom. The molecule has 0 bridgehead atoms. The minimum absolute atomic E-state index is 0.192. The zero-order valence-corrected chi connectivity index (χ0v) is 14.9. The number of ether oxygens (including phenoxy) is 1. The fourth-order valence-electron chi connectivity index (χ4n) is 2.82. The summed E-state index contributed by atoms with van der Waals surface area (Å²) in [7, 11) is 0. The zero-order chi connectivity index (χ0) is 18.8. The minimum atomic E-state index is -0.271. The lowest BCUT2D eigenvalue weighted by molar-refractivity contribution is 0.306. The van der Waals surface area contributed by atoms with Crippen LogP contribution in [0.4, 0.5) is 10.3 Å². The maximum absolute atomic E-state index is 13.0. The molecule has 0 aliphatic heterocycles. The number of nitrogens with two attached hydrogens (primary N) is 1. The average Bonchev–Trinajstić information content (AvgIpc) is 2.67. The summed E-state index contributed by atoms with van der Waals surface area (Å²) in [5.74, 6) is 0.592. The lowest BCUT2D eigenvalue weighted by atomic mass is 10.1. The van der Waals surface area contributed by atoms with E-state index in [-0.39, 0.29) is 11.8 Å². The van der Waals surface area contributed by atoms with E-state index >= 15 is 0 Å². The van der Waals surface area contributed by atoms with E-state index in [0.717, 1.165) is 22.0 Å². The van der Waals surface area contributed by atoms with Gasteiger partial charge in [-0.1, -0.05) is 35.9 Å². The molecule has 0 saturated heterocycles. The summed E-state index contributed by atoms with van der Waals surface area (Å²) in [4.78, 5) is 8.65. The highest BCUT2D eigenvalue weighted by Gasteiger charge is 2.10. The Bertz CT molecular complexity index is 1120. The Kier molecular flexibility index (Phi) is 4.60. The van der Waals surface area contributed by atoms with Gasteiger partial charge in [0.15, 0.2) is 0 Å². The number of aromatic nitrogens is 2. The summed E-state index contributed by atoms with van der Waals surface area (Å²) < 4.78 is 18.8. The molecule has 134 valence electrons. The number of halogens is 2. The highest BCUT2D eigenvalue weighted by Crippen LogP contribution is 2.31. The van der Waals surface area contributed by atoms with Crippen molar-refractivity contribution >= 4 is 28.5 Å². The molecular formula is C21H15ClFN3O. The van der Waals surface area contributed by atoms with E-state index in [0.29, 0.717) is 23.1 Å². The number of rotatable bonds is 4. The Hall–Kier alpha value is -3.18. The normalized spacial score (nSPS) is 10.9. The van der Waals surface area contributed by atoms with Crippen LogP contribution in [0.25, 0.3) is 22.2 Å². The third-order valence-electron chi connectivity index (χ3n) is 4.10. The predicted molar refractivity (Wildman–Crippen MR) is 105 cm³/mol. The van der Waals surface area contributed by atoms with E-state index < -0.39 is 0 Å². The lowest BCUT2D eigenvalue weighted by Gasteiger charge is -2.10. The summed E-state index contributed by atoms with van der Waals surface area (Å²) >= 11 is 6.14. The molecule has 0 saturated carbocycles. The fraction of sp³-hybridized carbons (Fsp3) is 0.0476. The molecule has 0 atom stereocenters. The second-order valence-electron chi connectivity index (χ2n) is 6.03. The van der Waals surface area contributed by atoms with Crippen molar-refractivity contribution in [3.05, 3.63) is 83.1 Å². The van der Waals surface area contributed by atoms with Crippen molar-refractivity contribution in [2.75, 3.05) is 5.73 Å². The molecule has 0 aliphatic rings. The van der Waals surface area contributed by atoms with Gasteiger partial charge in [0.25, 0.3) is 0 Å². The quantitative estimate of drug-likeness (QED) is 0.526. The number of nitrogen functional groups attached to an aromatic ring is 1. The van der Waals surface area contributed by atoms with Crippen molar-refractivity contribution in [3.8, 4) is 17.0 Å². The minimum Gasteiger partial charge on any atom is -0.489 e. The molecular weight excluding hydrogens is 365 g/mol. The molecule has 4 rings (SSSR count). The number of fused-ring (bicyclic) bond motifs is 1. The van der Waals surface area contributed by atoms with Gasteiger partial charge in [-0.25, -0.2) is 14.4 Å². The predicted octanol–water partition coefficient (Wildman–Crippen LogP) is 5.25. The Morgan fingerprint density at radius 2 is 1.78 bits per heavy atom. The number of hydrogen-bond acceptors (Lipinski definition) is 4. The van der Waals surface area contributed by atoms with Gasteiger partial charge in [0.05, 0.1) is 11.2 Å². The van der Waals surface area contributed by atoms with Crippen molar-refractivity contribution in [2.45, 2.75) is 6.61 Å². The summed E-state index contributed by atoms with van der Waals surface area (Å²) in [5, 5.41) is 1.41. The highest BCUT2D eigenvalue weighted by atomic mass is 35.5. The first-order valence-electron chi connectivity index (χ1n) is 8.29. The van der Waals surface area contributed by atoms with Crippen LogP contribution in [0, 0.1) is 5.82 Å². The van der Waals surface area contributed by atoms with Gasteiger partial charge in [-0.3, -0.25) is 0 Å². The SMILES string of the molecule is Nc1nc(-c2cccc(OCc3ccc(F)cc3)c2)c2cc(Cl)ccc2n1. The molecule has 1 aromatic heterocycles. The van der Waals surface area contributed by atoms with Crippen molar-refractivity contribution < 1.29 is 9.13 Å².